The molecular weight excluding hydrogens is 390 g/mol. The Balaban J connectivity index is 1.63. The zero-order chi connectivity index (χ0) is 21.4. The fourth-order valence-corrected chi connectivity index (χ4v) is 5.21. The molecule has 0 aliphatic carbocycles. The molecule has 4 rings (SSSR count). The van der Waals surface area contributed by atoms with Crippen LogP contribution in [-0.2, 0) is 4.79 Å². The number of carbonyl (C=O) groups excluding carboxylic acids is 1. The lowest BCUT2D eigenvalue weighted by Gasteiger charge is -2.42. The van der Waals surface area contributed by atoms with Gasteiger partial charge >= 0.3 is 0 Å². The van der Waals surface area contributed by atoms with Crippen molar-refractivity contribution in [3.8, 4) is 6.07 Å². The van der Waals surface area contributed by atoms with E-state index in [0.29, 0.717) is 19.0 Å². The number of carbonyl (C=O) groups is 1. The lowest BCUT2D eigenvalue weighted by molar-refractivity contribution is -0.129. The molecule has 2 aromatic carbocycles. The molecule has 154 valence electrons. The minimum Gasteiger partial charge on any atom is -0.344 e. The zero-order valence-corrected chi connectivity index (χ0v) is 18.8. The Morgan fingerprint density at radius 1 is 1.10 bits per heavy atom. The molecule has 0 bridgehead atoms. The number of aryl methyl sites for hydroxylation is 2. The van der Waals surface area contributed by atoms with E-state index in [-0.39, 0.29) is 11.8 Å². The van der Waals surface area contributed by atoms with Crippen LogP contribution >= 0.6 is 11.8 Å². The first-order valence-electron chi connectivity index (χ1n) is 10.4. The SMILES string of the molecule is Cc1ccc(N2CSC3=C(C#N)[C@@H](c4ccc(C(C)C)cc4)CC(=O)N3C2)cc1C. The summed E-state index contributed by atoms with van der Waals surface area (Å²) >= 11 is 1.59. The molecule has 0 N–H and O–H groups in total. The van der Waals surface area contributed by atoms with Crippen molar-refractivity contribution in [3.63, 3.8) is 0 Å². The molecule has 2 aromatic rings. The number of benzene rings is 2. The van der Waals surface area contributed by atoms with Crippen LogP contribution in [0.4, 0.5) is 5.69 Å². The van der Waals surface area contributed by atoms with Crippen LogP contribution in [0, 0.1) is 25.2 Å². The second-order valence-corrected chi connectivity index (χ2v) is 9.39. The third-order valence-corrected chi connectivity index (χ3v) is 7.31. The number of hydrogen-bond acceptors (Lipinski definition) is 4. The van der Waals surface area contributed by atoms with Crippen LogP contribution in [0.25, 0.3) is 0 Å². The number of rotatable bonds is 3. The molecule has 4 nitrogen and oxygen atoms in total. The van der Waals surface area contributed by atoms with Crippen LogP contribution in [0.2, 0.25) is 0 Å². The molecule has 1 fully saturated rings. The number of hydrogen-bond donors (Lipinski definition) is 0. The topological polar surface area (TPSA) is 47.3 Å². The predicted molar refractivity (Wildman–Crippen MR) is 123 cm³/mol. The molecule has 2 aliphatic rings. The smallest absolute Gasteiger partial charge is 0.229 e. The number of nitrogens with zero attached hydrogens (tertiary/aromatic N) is 3. The minimum absolute atomic E-state index is 0.0861. The van der Waals surface area contributed by atoms with Gasteiger partial charge in [0.1, 0.15) is 0 Å². The van der Waals surface area contributed by atoms with Crippen molar-refractivity contribution in [2.75, 3.05) is 17.4 Å². The van der Waals surface area contributed by atoms with Crippen LogP contribution in [0.3, 0.4) is 0 Å². The monoisotopic (exact) mass is 417 g/mol. The standard InChI is InChI=1S/C25H27N3OS/c1-16(2)19-6-8-20(9-7-19)22-12-24(29)28-14-27(15-30-25(28)23(22)13-26)21-10-5-17(3)18(4)11-21/h5-11,16,22H,12,14-15H2,1-4H3/t22-/m1/s1. The Morgan fingerprint density at radius 2 is 1.83 bits per heavy atom. The van der Waals surface area contributed by atoms with Gasteiger partial charge < -0.3 is 4.90 Å². The summed E-state index contributed by atoms with van der Waals surface area (Å²) in [6.45, 7) is 9.04. The normalized spacial score (nSPS) is 19.2. The Kier molecular flexibility index (Phi) is 5.62. The number of fused-ring (bicyclic) bond motifs is 1. The zero-order valence-electron chi connectivity index (χ0n) is 18.0. The largest absolute Gasteiger partial charge is 0.344 e. The van der Waals surface area contributed by atoms with Crippen molar-refractivity contribution in [2.24, 2.45) is 0 Å². The number of nitriles is 1. The molecular formula is C25H27N3OS. The molecule has 2 heterocycles. The molecule has 2 aliphatic heterocycles. The van der Waals surface area contributed by atoms with Crippen molar-refractivity contribution in [3.05, 3.63) is 75.3 Å². The van der Waals surface area contributed by atoms with E-state index in [1.54, 1.807) is 16.7 Å². The lowest BCUT2D eigenvalue weighted by atomic mass is 9.85. The van der Waals surface area contributed by atoms with E-state index >= 15 is 0 Å². The maximum atomic E-state index is 13.1. The van der Waals surface area contributed by atoms with Crippen molar-refractivity contribution in [1.82, 2.24) is 4.90 Å². The van der Waals surface area contributed by atoms with Gasteiger partial charge in [0, 0.05) is 18.0 Å². The highest BCUT2D eigenvalue weighted by molar-refractivity contribution is 8.03. The van der Waals surface area contributed by atoms with Gasteiger partial charge in [-0.1, -0.05) is 55.9 Å². The van der Waals surface area contributed by atoms with Gasteiger partial charge in [-0.3, -0.25) is 9.69 Å². The summed E-state index contributed by atoms with van der Waals surface area (Å²) in [5, 5.41) is 10.8. The molecule has 1 saturated heterocycles. The van der Waals surface area contributed by atoms with Crippen molar-refractivity contribution < 1.29 is 4.79 Å². The van der Waals surface area contributed by atoms with Crippen LogP contribution in [0.5, 0.6) is 0 Å². The molecule has 0 spiro atoms. The average molecular weight is 418 g/mol. The van der Waals surface area contributed by atoms with E-state index in [9.17, 15) is 10.1 Å². The van der Waals surface area contributed by atoms with Gasteiger partial charge in [0.25, 0.3) is 0 Å². The maximum absolute atomic E-state index is 13.1. The number of allylic oxidation sites excluding steroid dienone is 1. The van der Waals surface area contributed by atoms with E-state index in [1.165, 1.54) is 16.7 Å². The first-order chi connectivity index (χ1) is 14.4. The van der Waals surface area contributed by atoms with Crippen LogP contribution in [-0.4, -0.2) is 23.4 Å². The number of amides is 1. The third-order valence-electron chi connectivity index (χ3n) is 6.15. The quantitative estimate of drug-likeness (QED) is 0.648. The Hall–Kier alpha value is -2.71. The highest BCUT2D eigenvalue weighted by Gasteiger charge is 2.38. The Bertz CT molecular complexity index is 1050. The molecule has 0 unspecified atom stereocenters. The average Bonchev–Trinajstić information content (AvgIpc) is 2.75. The van der Waals surface area contributed by atoms with Crippen molar-refractivity contribution in [1.29, 1.82) is 5.26 Å². The van der Waals surface area contributed by atoms with Gasteiger partial charge in [0.2, 0.25) is 5.91 Å². The van der Waals surface area contributed by atoms with Crippen LogP contribution < -0.4 is 4.90 Å². The van der Waals surface area contributed by atoms with Crippen molar-refractivity contribution >= 4 is 23.4 Å². The van der Waals surface area contributed by atoms with E-state index in [0.717, 1.165) is 27.7 Å². The molecule has 1 amide bonds. The Morgan fingerprint density at radius 3 is 2.47 bits per heavy atom. The molecule has 30 heavy (non-hydrogen) atoms. The Labute approximate surface area is 183 Å². The van der Waals surface area contributed by atoms with E-state index in [4.69, 9.17) is 0 Å². The summed E-state index contributed by atoms with van der Waals surface area (Å²) in [7, 11) is 0. The molecule has 1 atom stereocenters. The lowest BCUT2D eigenvalue weighted by Crippen LogP contribution is -2.47. The highest BCUT2D eigenvalue weighted by atomic mass is 32.2. The fraction of sp³-hybridized carbons (Fsp3) is 0.360. The number of anilines is 1. The maximum Gasteiger partial charge on any atom is 0.229 e. The number of thioether (sulfide) groups is 1. The fourth-order valence-electron chi connectivity index (χ4n) is 4.05. The summed E-state index contributed by atoms with van der Waals surface area (Å²) in [6, 6.07) is 17.2. The first kappa shape index (κ1) is 20.6. The second-order valence-electron chi connectivity index (χ2n) is 8.45. The molecule has 0 aromatic heterocycles. The summed E-state index contributed by atoms with van der Waals surface area (Å²) in [5.74, 6) is 1.12. The van der Waals surface area contributed by atoms with Gasteiger partial charge in [-0.05, 0) is 54.2 Å². The summed E-state index contributed by atoms with van der Waals surface area (Å²) in [6.07, 6.45) is 0.342. The van der Waals surface area contributed by atoms with E-state index in [2.05, 4.69) is 81.1 Å². The van der Waals surface area contributed by atoms with Gasteiger partial charge in [0.05, 0.1) is 29.2 Å². The highest BCUT2D eigenvalue weighted by Crippen LogP contribution is 2.43. The minimum atomic E-state index is -0.157. The van der Waals surface area contributed by atoms with Gasteiger partial charge in [-0.2, -0.15) is 5.26 Å². The molecule has 5 heteroatoms. The second kappa shape index (κ2) is 8.20. The first-order valence-corrected chi connectivity index (χ1v) is 11.4. The van der Waals surface area contributed by atoms with E-state index in [1.807, 2.05) is 0 Å². The molecule has 0 saturated carbocycles. The molecule has 0 radical (unpaired) electrons. The van der Waals surface area contributed by atoms with Crippen molar-refractivity contribution in [2.45, 2.75) is 46.0 Å². The summed E-state index contributed by atoms with van der Waals surface area (Å²) in [5.41, 5.74) is 6.65. The van der Waals surface area contributed by atoms with Gasteiger partial charge in [-0.25, -0.2) is 0 Å². The third kappa shape index (κ3) is 3.73. The summed E-state index contributed by atoms with van der Waals surface area (Å²) in [4.78, 5) is 17.1. The van der Waals surface area contributed by atoms with Gasteiger partial charge in [-0.15, -0.1) is 0 Å². The predicted octanol–water partition coefficient (Wildman–Crippen LogP) is 5.65. The summed E-state index contributed by atoms with van der Waals surface area (Å²) < 4.78 is 0. The van der Waals surface area contributed by atoms with Gasteiger partial charge in [0.15, 0.2) is 0 Å². The van der Waals surface area contributed by atoms with Crippen LogP contribution in [0.15, 0.2) is 53.1 Å². The van der Waals surface area contributed by atoms with E-state index < -0.39 is 0 Å². The van der Waals surface area contributed by atoms with Crippen LogP contribution in [0.1, 0.15) is 54.4 Å².